The van der Waals surface area contributed by atoms with E-state index >= 15 is 0 Å². The van der Waals surface area contributed by atoms with Crippen molar-refractivity contribution in [3.05, 3.63) is 29.3 Å². The van der Waals surface area contributed by atoms with Gasteiger partial charge in [0.25, 0.3) is 5.91 Å². The van der Waals surface area contributed by atoms with Crippen molar-refractivity contribution in [2.75, 3.05) is 20.3 Å². The molecule has 0 aliphatic carbocycles. The normalized spacial score (nSPS) is 21.5. The van der Waals surface area contributed by atoms with E-state index in [1.165, 1.54) is 11.5 Å². The Hall–Kier alpha value is -1.50. The van der Waals surface area contributed by atoms with Gasteiger partial charge in [0, 0.05) is 17.6 Å². The molecule has 0 bridgehead atoms. The maximum Gasteiger partial charge on any atom is 0.324 e. The number of amides is 1. The molecule has 126 valence electrons. The molecule has 0 spiro atoms. The van der Waals surface area contributed by atoms with Gasteiger partial charge < -0.3 is 14.8 Å². The third kappa shape index (κ3) is 5.27. The minimum atomic E-state index is -0.557. The molecule has 1 aliphatic heterocycles. The second kappa shape index (κ2) is 8.38. The quantitative estimate of drug-likeness (QED) is 0.642. The highest BCUT2D eigenvalue weighted by molar-refractivity contribution is 6.30. The lowest BCUT2D eigenvalue weighted by atomic mass is 9.99. The first kappa shape index (κ1) is 17.8. The number of ether oxygens (including phenoxy) is 2. The summed E-state index contributed by atoms with van der Waals surface area (Å²) in [6.07, 6.45) is 1.06. The molecule has 0 radical (unpaired) electrons. The molecule has 2 unspecified atom stereocenters. The van der Waals surface area contributed by atoms with Gasteiger partial charge in [0.2, 0.25) is 0 Å². The number of nitrogens with one attached hydrogen (secondary N) is 1. The number of carbonyl (C=O) groups is 2. The smallest absolute Gasteiger partial charge is 0.324 e. The highest BCUT2D eigenvalue weighted by atomic mass is 35.5. The van der Waals surface area contributed by atoms with Gasteiger partial charge in [0.15, 0.2) is 6.61 Å². The predicted molar refractivity (Wildman–Crippen MR) is 86.5 cm³/mol. The first-order valence-corrected chi connectivity index (χ1v) is 7.89. The fourth-order valence-corrected chi connectivity index (χ4v) is 2.75. The standard InChI is InChI=1S/C15H18Cl2N2O4/c1-22-15(21)13-8-11(6-7-19(13)17)18-14(20)9-23-12-4-2-10(16)3-5-12/h2-5,11,13H,6-9H2,1H3,(H,18,20). The van der Waals surface area contributed by atoms with Crippen LogP contribution in [-0.4, -0.2) is 48.6 Å². The Bertz CT molecular complexity index is 553. The molecule has 1 N–H and O–H groups in total. The maximum absolute atomic E-state index is 12.0. The SMILES string of the molecule is COC(=O)C1CC(NC(=O)COc2ccc(Cl)cc2)CCN1Cl. The van der Waals surface area contributed by atoms with Gasteiger partial charge in [0.05, 0.1) is 7.11 Å². The molecule has 0 aromatic heterocycles. The number of benzene rings is 1. The van der Waals surface area contributed by atoms with Crippen molar-refractivity contribution in [3.63, 3.8) is 0 Å². The van der Waals surface area contributed by atoms with Gasteiger partial charge in [-0.2, -0.15) is 0 Å². The van der Waals surface area contributed by atoms with Gasteiger partial charge in [-0.3, -0.25) is 9.59 Å². The largest absolute Gasteiger partial charge is 0.484 e. The summed E-state index contributed by atoms with van der Waals surface area (Å²) in [7, 11) is 1.31. The molecule has 1 fully saturated rings. The fourth-order valence-electron chi connectivity index (χ4n) is 2.36. The summed E-state index contributed by atoms with van der Waals surface area (Å²) in [5, 5.41) is 3.45. The van der Waals surface area contributed by atoms with E-state index in [4.69, 9.17) is 32.9 Å². The first-order valence-electron chi connectivity index (χ1n) is 7.17. The van der Waals surface area contributed by atoms with Gasteiger partial charge in [-0.15, -0.1) is 0 Å². The second-order valence-corrected chi connectivity index (χ2v) is 6.06. The Kier molecular flexibility index (Phi) is 6.50. The molecular formula is C15H18Cl2N2O4. The summed E-state index contributed by atoms with van der Waals surface area (Å²) < 4.78 is 11.5. The minimum absolute atomic E-state index is 0.106. The van der Waals surface area contributed by atoms with E-state index in [-0.39, 0.29) is 18.6 Å². The molecule has 0 saturated carbocycles. The van der Waals surface area contributed by atoms with Gasteiger partial charge in [-0.25, -0.2) is 4.42 Å². The average Bonchev–Trinajstić information content (AvgIpc) is 2.55. The van der Waals surface area contributed by atoms with Crippen molar-refractivity contribution < 1.29 is 19.1 Å². The van der Waals surface area contributed by atoms with Gasteiger partial charge in [-0.05, 0) is 48.9 Å². The molecule has 1 heterocycles. The summed E-state index contributed by atoms with van der Waals surface area (Å²) in [5.41, 5.74) is 0. The number of rotatable bonds is 5. The van der Waals surface area contributed by atoms with E-state index in [0.29, 0.717) is 30.2 Å². The van der Waals surface area contributed by atoms with Crippen LogP contribution in [0.15, 0.2) is 24.3 Å². The Morgan fingerprint density at radius 1 is 1.35 bits per heavy atom. The van der Waals surface area contributed by atoms with Crippen molar-refractivity contribution in [3.8, 4) is 5.75 Å². The number of carbonyl (C=O) groups excluding carboxylic acids is 2. The van der Waals surface area contributed by atoms with E-state index in [1.54, 1.807) is 24.3 Å². The van der Waals surface area contributed by atoms with Crippen molar-refractivity contribution in [1.82, 2.24) is 9.74 Å². The van der Waals surface area contributed by atoms with E-state index in [0.717, 1.165) is 0 Å². The van der Waals surface area contributed by atoms with E-state index in [2.05, 4.69) is 5.32 Å². The minimum Gasteiger partial charge on any atom is -0.484 e. The molecule has 1 saturated heterocycles. The van der Waals surface area contributed by atoms with Crippen LogP contribution >= 0.6 is 23.4 Å². The van der Waals surface area contributed by atoms with Crippen LogP contribution < -0.4 is 10.1 Å². The van der Waals surface area contributed by atoms with E-state index in [1.807, 2.05) is 0 Å². The lowest BCUT2D eigenvalue weighted by Gasteiger charge is -2.33. The molecule has 1 aromatic carbocycles. The van der Waals surface area contributed by atoms with E-state index < -0.39 is 12.0 Å². The Balaban J connectivity index is 1.80. The Morgan fingerprint density at radius 3 is 2.70 bits per heavy atom. The number of halogens is 2. The van der Waals surface area contributed by atoms with Crippen molar-refractivity contribution >= 4 is 35.3 Å². The third-order valence-corrected chi connectivity index (χ3v) is 4.22. The van der Waals surface area contributed by atoms with Crippen LogP contribution in [0.3, 0.4) is 0 Å². The molecule has 6 nitrogen and oxygen atoms in total. The molecule has 1 aliphatic rings. The van der Waals surface area contributed by atoms with Crippen LogP contribution in [0.25, 0.3) is 0 Å². The summed E-state index contributed by atoms with van der Waals surface area (Å²) in [4.78, 5) is 23.6. The number of hydrogen-bond acceptors (Lipinski definition) is 5. The zero-order valence-electron chi connectivity index (χ0n) is 12.6. The lowest BCUT2D eigenvalue weighted by Crippen LogP contribution is -2.50. The summed E-state index contributed by atoms with van der Waals surface area (Å²) >= 11 is 11.8. The topological polar surface area (TPSA) is 67.9 Å². The number of hydrogen-bond donors (Lipinski definition) is 1. The van der Waals surface area contributed by atoms with Crippen LogP contribution in [0.1, 0.15) is 12.8 Å². The number of piperidine rings is 1. The average molecular weight is 361 g/mol. The van der Waals surface area contributed by atoms with Crippen LogP contribution in [0, 0.1) is 0 Å². The summed E-state index contributed by atoms with van der Waals surface area (Å²) in [6, 6.07) is 6.05. The molecule has 8 heteroatoms. The zero-order valence-corrected chi connectivity index (χ0v) is 14.1. The highest BCUT2D eigenvalue weighted by Gasteiger charge is 2.34. The van der Waals surface area contributed by atoms with Crippen molar-refractivity contribution in [1.29, 1.82) is 0 Å². The lowest BCUT2D eigenvalue weighted by molar-refractivity contribution is -0.146. The zero-order chi connectivity index (χ0) is 16.8. The van der Waals surface area contributed by atoms with Crippen LogP contribution in [0.5, 0.6) is 5.75 Å². The molecule has 1 aromatic rings. The molecule has 2 atom stereocenters. The number of esters is 1. The fraction of sp³-hybridized carbons (Fsp3) is 0.467. The van der Waals surface area contributed by atoms with Gasteiger partial charge >= 0.3 is 5.97 Å². The van der Waals surface area contributed by atoms with Crippen LogP contribution in [-0.2, 0) is 14.3 Å². The molecule has 23 heavy (non-hydrogen) atoms. The van der Waals surface area contributed by atoms with Crippen LogP contribution in [0.4, 0.5) is 0 Å². The van der Waals surface area contributed by atoms with Crippen LogP contribution in [0.2, 0.25) is 5.02 Å². The Labute approximate surface area is 144 Å². The number of nitrogens with zero attached hydrogens (tertiary/aromatic N) is 1. The van der Waals surface area contributed by atoms with Crippen molar-refractivity contribution in [2.24, 2.45) is 0 Å². The molecular weight excluding hydrogens is 343 g/mol. The molecule has 1 amide bonds. The Morgan fingerprint density at radius 2 is 2.04 bits per heavy atom. The second-order valence-electron chi connectivity index (χ2n) is 5.19. The summed E-state index contributed by atoms with van der Waals surface area (Å²) in [5.74, 6) is -0.0967. The van der Waals surface area contributed by atoms with E-state index in [9.17, 15) is 9.59 Å². The third-order valence-electron chi connectivity index (χ3n) is 3.56. The highest BCUT2D eigenvalue weighted by Crippen LogP contribution is 2.21. The summed E-state index contributed by atoms with van der Waals surface area (Å²) in [6.45, 7) is 0.385. The molecule has 2 rings (SSSR count). The van der Waals surface area contributed by atoms with Gasteiger partial charge in [-0.1, -0.05) is 11.6 Å². The van der Waals surface area contributed by atoms with Gasteiger partial charge in [0.1, 0.15) is 11.8 Å². The van der Waals surface area contributed by atoms with Crippen molar-refractivity contribution in [2.45, 2.75) is 24.9 Å². The number of methoxy groups -OCH3 is 1. The maximum atomic E-state index is 12.0. The predicted octanol–water partition coefficient (Wildman–Crippen LogP) is 1.99. The monoisotopic (exact) mass is 360 g/mol. The first-order chi connectivity index (χ1) is 11.0.